The predicted molar refractivity (Wildman–Crippen MR) is 139 cm³/mol. The number of pyridine rings is 1. The van der Waals surface area contributed by atoms with Crippen LogP contribution in [0.5, 0.6) is 0 Å². The van der Waals surface area contributed by atoms with Crippen LogP contribution in [0.1, 0.15) is 25.2 Å². The summed E-state index contributed by atoms with van der Waals surface area (Å²) in [5, 5.41) is 18.0. The van der Waals surface area contributed by atoms with Crippen molar-refractivity contribution in [3.05, 3.63) is 60.2 Å². The number of aromatic nitrogens is 5. The van der Waals surface area contributed by atoms with Gasteiger partial charge in [-0.3, -0.25) is 9.97 Å². The van der Waals surface area contributed by atoms with Crippen LogP contribution in [0.4, 0.5) is 5.69 Å². The Kier molecular flexibility index (Phi) is 7.08. The minimum Gasteiger partial charge on any atom is -0.415 e. The van der Waals surface area contributed by atoms with Gasteiger partial charge in [0.25, 0.3) is 5.89 Å². The molecule has 36 heavy (non-hydrogen) atoms. The molecule has 9 nitrogen and oxygen atoms in total. The quantitative estimate of drug-likeness (QED) is 0.362. The van der Waals surface area contributed by atoms with E-state index >= 15 is 0 Å². The summed E-state index contributed by atoms with van der Waals surface area (Å²) < 4.78 is 6.00. The van der Waals surface area contributed by atoms with Crippen LogP contribution < -0.4 is 4.90 Å². The summed E-state index contributed by atoms with van der Waals surface area (Å²) in [6.45, 7) is 7.42. The van der Waals surface area contributed by atoms with E-state index in [1.807, 2.05) is 57.2 Å². The lowest BCUT2D eigenvalue weighted by Gasteiger charge is -2.21. The average Bonchev–Trinajstić information content (AvgIpc) is 3.38. The Morgan fingerprint density at radius 1 is 0.944 bits per heavy atom. The van der Waals surface area contributed by atoms with E-state index in [1.54, 1.807) is 12.4 Å². The Hall–Kier alpha value is -4.16. The van der Waals surface area contributed by atoms with Crippen molar-refractivity contribution in [1.29, 1.82) is 5.26 Å². The third kappa shape index (κ3) is 5.39. The molecule has 0 aliphatic rings. The van der Waals surface area contributed by atoms with Gasteiger partial charge in [0.2, 0.25) is 5.89 Å². The number of anilines is 1. The van der Waals surface area contributed by atoms with Crippen LogP contribution in [-0.4, -0.2) is 64.3 Å². The molecule has 3 heterocycles. The van der Waals surface area contributed by atoms with Crippen molar-refractivity contribution >= 4 is 5.69 Å². The van der Waals surface area contributed by atoms with E-state index in [0.717, 1.165) is 29.9 Å². The Morgan fingerprint density at radius 3 is 2.36 bits per heavy atom. The second-order valence-electron chi connectivity index (χ2n) is 9.54. The topological polar surface area (TPSA) is 108 Å². The highest BCUT2D eigenvalue weighted by molar-refractivity contribution is 5.64. The zero-order valence-electron chi connectivity index (χ0n) is 21.5. The number of benzene rings is 1. The Labute approximate surface area is 211 Å². The molecule has 184 valence electrons. The number of aryl methyl sites for hydroxylation is 1. The molecule has 0 aliphatic heterocycles. The number of likely N-dealkylation sites (N-methyl/N-ethyl adjacent to an activating group) is 2. The van der Waals surface area contributed by atoms with Gasteiger partial charge in [0.15, 0.2) is 0 Å². The molecule has 0 aliphatic carbocycles. The first-order chi connectivity index (χ1) is 17.2. The fourth-order valence-electron chi connectivity index (χ4n) is 3.55. The molecule has 9 heteroatoms. The van der Waals surface area contributed by atoms with Gasteiger partial charge >= 0.3 is 0 Å². The van der Waals surface area contributed by atoms with E-state index in [1.165, 1.54) is 0 Å². The molecule has 4 rings (SSSR count). The lowest BCUT2D eigenvalue weighted by Crippen LogP contribution is -2.28. The van der Waals surface area contributed by atoms with Gasteiger partial charge in [-0.15, -0.1) is 10.2 Å². The zero-order valence-corrected chi connectivity index (χ0v) is 21.5. The maximum absolute atomic E-state index is 9.47. The molecule has 4 aromatic rings. The minimum absolute atomic E-state index is 0.302. The molecule has 0 spiro atoms. The third-order valence-corrected chi connectivity index (χ3v) is 6.00. The molecule has 3 aromatic heterocycles. The van der Waals surface area contributed by atoms with E-state index < -0.39 is 5.41 Å². The number of rotatable bonds is 8. The van der Waals surface area contributed by atoms with Gasteiger partial charge in [-0.1, -0.05) is 0 Å². The third-order valence-electron chi connectivity index (χ3n) is 6.00. The maximum Gasteiger partial charge on any atom is 0.268 e. The van der Waals surface area contributed by atoms with Crippen LogP contribution in [0.25, 0.3) is 34.3 Å². The second-order valence-corrected chi connectivity index (χ2v) is 9.54. The van der Waals surface area contributed by atoms with Crippen LogP contribution in [0.15, 0.2) is 53.2 Å². The second kappa shape index (κ2) is 10.2. The summed E-state index contributed by atoms with van der Waals surface area (Å²) in [7, 11) is 6.20. The summed E-state index contributed by atoms with van der Waals surface area (Å²) in [4.78, 5) is 18.0. The van der Waals surface area contributed by atoms with Gasteiger partial charge in [-0.05, 0) is 71.3 Å². The van der Waals surface area contributed by atoms with Crippen molar-refractivity contribution in [3.8, 4) is 40.4 Å². The van der Waals surface area contributed by atoms with Crippen LogP contribution in [0.3, 0.4) is 0 Å². The van der Waals surface area contributed by atoms with E-state index in [-0.39, 0.29) is 0 Å². The Balaban J connectivity index is 1.59. The molecular formula is C27H30N8O. The fourth-order valence-corrected chi connectivity index (χ4v) is 3.55. The highest BCUT2D eigenvalue weighted by atomic mass is 16.4. The highest BCUT2D eigenvalue weighted by Gasteiger charge is 2.22. The lowest BCUT2D eigenvalue weighted by molar-refractivity contribution is 0.416. The van der Waals surface area contributed by atoms with Crippen molar-refractivity contribution < 1.29 is 4.42 Å². The van der Waals surface area contributed by atoms with Gasteiger partial charge in [0, 0.05) is 43.1 Å². The molecule has 0 saturated carbocycles. The normalized spacial score (nSPS) is 11.5. The molecule has 0 N–H and O–H groups in total. The van der Waals surface area contributed by atoms with E-state index in [0.29, 0.717) is 34.6 Å². The number of nitrogens with zero attached hydrogens (tertiary/aromatic N) is 8. The fraction of sp³-hybridized carbons (Fsp3) is 0.333. The number of hydrogen-bond acceptors (Lipinski definition) is 9. The van der Waals surface area contributed by atoms with Gasteiger partial charge in [-0.2, -0.15) is 5.26 Å². The molecule has 1 aromatic carbocycles. The highest BCUT2D eigenvalue weighted by Crippen LogP contribution is 2.29. The largest absolute Gasteiger partial charge is 0.415 e. The van der Waals surface area contributed by atoms with Gasteiger partial charge < -0.3 is 14.2 Å². The summed E-state index contributed by atoms with van der Waals surface area (Å²) in [5.41, 5.74) is 4.55. The van der Waals surface area contributed by atoms with E-state index in [4.69, 9.17) is 9.40 Å². The lowest BCUT2D eigenvalue weighted by atomic mass is 9.90. The molecule has 0 amide bonds. The summed E-state index contributed by atoms with van der Waals surface area (Å²) >= 11 is 0. The van der Waals surface area contributed by atoms with Crippen LogP contribution in [0, 0.1) is 18.3 Å². The maximum atomic E-state index is 9.47. The molecule has 0 atom stereocenters. The first kappa shape index (κ1) is 24.9. The minimum atomic E-state index is -0.713. The van der Waals surface area contributed by atoms with Crippen molar-refractivity contribution in [3.63, 3.8) is 0 Å². The molecular weight excluding hydrogens is 452 g/mol. The first-order valence-corrected chi connectivity index (χ1v) is 11.7. The standard InChI is InChI=1S/C27H30N8O/c1-18-24(31-22(16-30-18)20-11-12-29-23(15-20)27(2,3)17-28)26-33-32-25(36-26)19-7-9-21(10-8-19)35(6)14-13-34(4)5/h7-12,15-16H,13-14H2,1-6H3. The SMILES string of the molecule is Cc1ncc(-c2ccnc(C(C)(C)C#N)c2)nc1-c1nnc(-c2ccc(N(C)CCN(C)C)cc2)o1. The van der Waals surface area contributed by atoms with Crippen molar-refractivity contribution in [2.45, 2.75) is 26.2 Å². The van der Waals surface area contributed by atoms with Crippen molar-refractivity contribution in [2.75, 3.05) is 39.1 Å². The monoisotopic (exact) mass is 482 g/mol. The molecule has 0 saturated heterocycles. The summed E-state index contributed by atoms with van der Waals surface area (Å²) in [6.07, 6.45) is 3.37. The van der Waals surface area contributed by atoms with Crippen LogP contribution >= 0.6 is 0 Å². The van der Waals surface area contributed by atoms with Gasteiger partial charge in [0.05, 0.1) is 34.8 Å². The number of hydrogen-bond donors (Lipinski definition) is 0. The van der Waals surface area contributed by atoms with Crippen molar-refractivity contribution in [1.82, 2.24) is 30.0 Å². The van der Waals surface area contributed by atoms with Gasteiger partial charge in [-0.25, -0.2) is 4.98 Å². The first-order valence-electron chi connectivity index (χ1n) is 11.7. The zero-order chi connectivity index (χ0) is 25.9. The van der Waals surface area contributed by atoms with Crippen molar-refractivity contribution in [2.24, 2.45) is 0 Å². The Morgan fingerprint density at radius 2 is 1.67 bits per heavy atom. The molecule has 0 fully saturated rings. The summed E-state index contributed by atoms with van der Waals surface area (Å²) in [6, 6.07) is 14.0. The Bertz CT molecular complexity index is 1390. The van der Waals surface area contributed by atoms with E-state index in [2.05, 4.69) is 57.2 Å². The number of nitriles is 1. The smallest absolute Gasteiger partial charge is 0.268 e. The summed E-state index contributed by atoms with van der Waals surface area (Å²) in [5.74, 6) is 0.719. The molecule has 0 bridgehead atoms. The average molecular weight is 483 g/mol. The van der Waals surface area contributed by atoms with Gasteiger partial charge in [0.1, 0.15) is 5.69 Å². The molecule has 0 unspecified atom stereocenters. The van der Waals surface area contributed by atoms with Crippen LogP contribution in [0.2, 0.25) is 0 Å². The predicted octanol–water partition coefficient (Wildman–Crippen LogP) is 4.36. The molecule has 0 radical (unpaired) electrons. The van der Waals surface area contributed by atoms with E-state index in [9.17, 15) is 5.26 Å². The van der Waals surface area contributed by atoms with Crippen LogP contribution in [-0.2, 0) is 5.41 Å².